The summed E-state index contributed by atoms with van der Waals surface area (Å²) in [6.07, 6.45) is 4.48. The molecule has 0 radical (unpaired) electrons. The maximum absolute atomic E-state index is 13.2. The van der Waals surface area contributed by atoms with Gasteiger partial charge in [0.2, 0.25) is 11.8 Å². The first-order chi connectivity index (χ1) is 13.9. The van der Waals surface area contributed by atoms with Crippen molar-refractivity contribution in [3.63, 3.8) is 0 Å². The summed E-state index contributed by atoms with van der Waals surface area (Å²) in [5.74, 6) is -0.216. The van der Waals surface area contributed by atoms with Crippen LogP contribution in [0.15, 0.2) is 53.0 Å². The third-order valence-electron chi connectivity index (χ3n) is 5.41. The zero-order chi connectivity index (χ0) is 20.8. The van der Waals surface area contributed by atoms with Crippen LogP contribution in [-0.4, -0.2) is 28.8 Å². The van der Waals surface area contributed by atoms with Crippen molar-refractivity contribution in [2.75, 3.05) is 0 Å². The highest BCUT2D eigenvalue weighted by Gasteiger charge is 2.28. The highest BCUT2D eigenvalue weighted by Crippen LogP contribution is 2.21. The summed E-state index contributed by atoms with van der Waals surface area (Å²) in [7, 11) is 0. The molecule has 1 aliphatic carbocycles. The summed E-state index contributed by atoms with van der Waals surface area (Å²) in [5, 5.41) is 3.68. The molecule has 1 N–H and O–H groups in total. The van der Waals surface area contributed by atoms with Gasteiger partial charge in [-0.15, -0.1) is 0 Å². The van der Waals surface area contributed by atoms with E-state index in [0.717, 1.165) is 41.3 Å². The summed E-state index contributed by atoms with van der Waals surface area (Å²) in [6, 6.07) is 14.8. The van der Waals surface area contributed by atoms with Gasteiger partial charge in [0.1, 0.15) is 6.04 Å². The Bertz CT molecular complexity index is 867. The molecular formula is C23H26BrClN2O2. The van der Waals surface area contributed by atoms with Crippen molar-refractivity contribution in [1.29, 1.82) is 0 Å². The molecule has 0 aromatic heterocycles. The van der Waals surface area contributed by atoms with Crippen LogP contribution >= 0.6 is 27.5 Å². The molecule has 0 heterocycles. The minimum absolute atomic E-state index is 0.0978. The number of nitrogens with zero attached hydrogens (tertiary/aromatic N) is 1. The van der Waals surface area contributed by atoms with E-state index in [9.17, 15) is 9.59 Å². The Kier molecular flexibility index (Phi) is 7.73. The highest BCUT2D eigenvalue weighted by atomic mass is 79.9. The van der Waals surface area contributed by atoms with Crippen LogP contribution in [0.4, 0.5) is 0 Å². The van der Waals surface area contributed by atoms with E-state index in [1.165, 1.54) is 0 Å². The van der Waals surface area contributed by atoms with Crippen molar-refractivity contribution in [2.24, 2.45) is 0 Å². The van der Waals surface area contributed by atoms with E-state index in [1.54, 1.807) is 17.9 Å². The van der Waals surface area contributed by atoms with Gasteiger partial charge in [0, 0.05) is 22.1 Å². The molecule has 1 fully saturated rings. The molecule has 0 spiro atoms. The molecule has 2 aromatic rings. The lowest BCUT2D eigenvalue weighted by atomic mass is 10.1. The predicted molar refractivity (Wildman–Crippen MR) is 120 cm³/mol. The van der Waals surface area contributed by atoms with Crippen molar-refractivity contribution in [3.05, 3.63) is 69.2 Å². The summed E-state index contributed by atoms with van der Waals surface area (Å²) in [5.41, 5.74) is 1.73. The standard InChI is InChI=1S/C23H26BrClN2O2/c1-16(23(29)26-20-10-3-4-11-20)27(15-17-7-6-9-19(24)13-17)22(28)14-18-8-2-5-12-21(18)25/h2,5-9,12-13,16,20H,3-4,10-11,14-15H2,1H3,(H,26,29)/t16-/m0/s1. The molecule has 154 valence electrons. The van der Waals surface area contributed by atoms with E-state index in [1.807, 2.05) is 42.5 Å². The van der Waals surface area contributed by atoms with Crippen LogP contribution in [0.1, 0.15) is 43.7 Å². The van der Waals surface area contributed by atoms with Gasteiger partial charge in [-0.1, -0.05) is 70.7 Å². The van der Waals surface area contributed by atoms with Gasteiger partial charge in [0.05, 0.1) is 6.42 Å². The second-order valence-electron chi connectivity index (χ2n) is 7.59. The topological polar surface area (TPSA) is 49.4 Å². The van der Waals surface area contributed by atoms with Crippen molar-refractivity contribution >= 4 is 39.3 Å². The maximum Gasteiger partial charge on any atom is 0.242 e. The second kappa shape index (κ2) is 10.3. The smallest absolute Gasteiger partial charge is 0.242 e. The lowest BCUT2D eigenvalue weighted by Crippen LogP contribution is -2.50. The van der Waals surface area contributed by atoms with Crippen LogP contribution in [0.5, 0.6) is 0 Å². The van der Waals surface area contributed by atoms with Crippen LogP contribution < -0.4 is 5.32 Å². The fourth-order valence-electron chi connectivity index (χ4n) is 3.71. The largest absolute Gasteiger partial charge is 0.352 e. The van der Waals surface area contributed by atoms with Crippen LogP contribution in [0.2, 0.25) is 5.02 Å². The van der Waals surface area contributed by atoms with Gasteiger partial charge in [-0.2, -0.15) is 0 Å². The average molecular weight is 478 g/mol. The summed E-state index contributed by atoms with van der Waals surface area (Å²) in [6.45, 7) is 2.16. The average Bonchev–Trinajstić information content (AvgIpc) is 3.20. The zero-order valence-electron chi connectivity index (χ0n) is 16.5. The van der Waals surface area contributed by atoms with Gasteiger partial charge < -0.3 is 10.2 Å². The summed E-state index contributed by atoms with van der Waals surface area (Å²) < 4.78 is 0.941. The molecule has 1 saturated carbocycles. The van der Waals surface area contributed by atoms with E-state index >= 15 is 0 Å². The molecule has 2 aromatic carbocycles. The molecule has 0 aliphatic heterocycles. The van der Waals surface area contributed by atoms with Crippen molar-refractivity contribution in [1.82, 2.24) is 10.2 Å². The second-order valence-corrected chi connectivity index (χ2v) is 8.91. The van der Waals surface area contributed by atoms with Crippen LogP contribution in [0.25, 0.3) is 0 Å². The van der Waals surface area contributed by atoms with E-state index in [2.05, 4.69) is 21.2 Å². The Labute approximate surface area is 185 Å². The molecule has 1 aliphatic rings. The molecular weight excluding hydrogens is 452 g/mol. The maximum atomic E-state index is 13.2. The predicted octanol–water partition coefficient (Wildman–Crippen LogP) is 5.12. The van der Waals surface area contributed by atoms with Crippen LogP contribution in [0.3, 0.4) is 0 Å². The first-order valence-corrected chi connectivity index (χ1v) is 11.2. The number of amides is 2. The molecule has 2 amide bonds. The number of carbonyl (C=O) groups excluding carboxylic acids is 2. The third kappa shape index (κ3) is 6.06. The molecule has 6 heteroatoms. The Hall–Kier alpha value is -1.85. The van der Waals surface area contributed by atoms with E-state index in [0.29, 0.717) is 11.6 Å². The van der Waals surface area contributed by atoms with Crippen molar-refractivity contribution < 1.29 is 9.59 Å². The molecule has 1 atom stereocenters. The molecule has 29 heavy (non-hydrogen) atoms. The minimum Gasteiger partial charge on any atom is -0.352 e. The van der Waals surface area contributed by atoms with Gasteiger partial charge in [-0.25, -0.2) is 0 Å². The lowest BCUT2D eigenvalue weighted by molar-refractivity contribution is -0.140. The Morgan fingerprint density at radius 1 is 1.17 bits per heavy atom. The van der Waals surface area contributed by atoms with Gasteiger partial charge in [0.25, 0.3) is 0 Å². The van der Waals surface area contributed by atoms with Crippen LogP contribution in [-0.2, 0) is 22.6 Å². The monoisotopic (exact) mass is 476 g/mol. The molecule has 0 bridgehead atoms. The number of halogens is 2. The van der Waals surface area contributed by atoms with Gasteiger partial charge in [-0.05, 0) is 49.1 Å². The van der Waals surface area contributed by atoms with Gasteiger partial charge >= 0.3 is 0 Å². The summed E-state index contributed by atoms with van der Waals surface area (Å²) >= 11 is 9.73. The quantitative estimate of drug-likeness (QED) is 0.601. The zero-order valence-corrected chi connectivity index (χ0v) is 18.9. The number of hydrogen-bond acceptors (Lipinski definition) is 2. The Morgan fingerprint density at radius 3 is 2.59 bits per heavy atom. The van der Waals surface area contributed by atoms with Crippen molar-refractivity contribution in [3.8, 4) is 0 Å². The Morgan fingerprint density at radius 2 is 1.90 bits per heavy atom. The van der Waals surface area contributed by atoms with E-state index in [-0.39, 0.29) is 24.3 Å². The number of benzene rings is 2. The summed E-state index contributed by atoms with van der Waals surface area (Å²) in [4.78, 5) is 27.7. The van der Waals surface area contributed by atoms with Crippen molar-refractivity contribution in [2.45, 2.75) is 57.7 Å². The van der Waals surface area contributed by atoms with Gasteiger partial charge in [-0.3, -0.25) is 9.59 Å². The number of rotatable bonds is 7. The minimum atomic E-state index is -0.565. The van der Waals surface area contributed by atoms with E-state index < -0.39 is 6.04 Å². The fourth-order valence-corrected chi connectivity index (χ4v) is 4.36. The number of nitrogens with one attached hydrogen (secondary N) is 1. The SMILES string of the molecule is C[C@@H](C(=O)NC1CCCC1)N(Cc1cccc(Br)c1)C(=O)Cc1ccccc1Cl. The Balaban J connectivity index is 1.78. The molecule has 4 nitrogen and oxygen atoms in total. The van der Waals surface area contributed by atoms with Crippen LogP contribution in [0, 0.1) is 0 Å². The third-order valence-corrected chi connectivity index (χ3v) is 6.27. The molecule has 0 saturated heterocycles. The molecule has 0 unspecified atom stereocenters. The number of hydrogen-bond donors (Lipinski definition) is 1. The molecule has 3 rings (SSSR count). The van der Waals surface area contributed by atoms with E-state index in [4.69, 9.17) is 11.6 Å². The van der Waals surface area contributed by atoms with Gasteiger partial charge in [0.15, 0.2) is 0 Å². The first kappa shape index (κ1) is 21.8. The number of carbonyl (C=O) groups is 2. The fraction of sp³-hybridized carbons (Fsp3) is 0.391. The normalized spacial score (nSPS) is 15.1. The lowest BCUT2D eigenvalue weighted by Gasteiger charge is -2.30. The first-order valence-electron chi connectivity index (χ1n) is 10.0. The highest BCUT2D eigenvalue weighted by molar-refractivity contribution is 9.10.